The molecule has 0 bridgehead atoms. The molecule has 1 aromatic carbocycles. The molecule has 2 amide bonds. The molecule has 0 saturated carbocycles. The van der Waals surface area contributed by atoms with Crippen molar-refractivity contribution in [2.75, 3.05) is 25.9 Å². The number of nitrogens with one attached hydrogen (secondary N) is 2. The zero-order valence-electron chi connectivity index (χ0n) is 11.9. The van der Waals surface area contributed by atoms with Crippen LogP contribution in [0.15, 0.2) is 18.2 Å². The number of benzene rings is 1. The van der Waals surface area contributed by atoms with Crippen molar-refractivity contribution in [2.24, 2.45) is 0 Å². The lowest BCUT2D eigenvalue weighted by Crippen LogP contribution is -2.31. The van der Waals surface area contributed by atoms with Crippen molar-refractivity contribution in [3.63, 3.8) is 0 Å². The number of rotatable bonds is 7. The molecular formula is C14H21N3O3. The molecule has 0 aliphatic heterocycles. The molecule has 110 valence electrons. The molecule has 0 heterocycles. The van der Waals surface area contributed by atoms with E-state index in [9.17, 15) is 9.59 Å². The van der Waals surface area contributed by atoms with Crippen LogP contribution < -0.4 is 21.1 Å². The number of methoxy groups -OCH3 is 1. The predicted molar refractivity (Wildman–Crippen MR) is 77.7 cm³/mol. The van der Waals surface area contributed by atoms with Gasteiger partial charge in [-0.05, 0) is 18.6 Å². The summed E-state index contributed by atoms with van der Waals surface area (Å²) >= 11 is 0. The van der Waals surface area contributed by atoms with Crippen LogP contribution in [0.2, 0.25) is 0 Å². The molecule has 0 unspecified atom stereocenters. The van der Waals surface area contributed by atoms with Crippen molar-refractivity contribution in [1.29, 1.82) is 0 Å². The average molecular weight is 279 g/mol. The van der Waals surface area contributed by atoms with E-state index in [1.807, 2.05) is 6.92 Å². The Bertz CT molecular complexity index is 475. The van der Waals surface area contributed by atoms with Crippen LogP contribution in [-0.2, 0) is 4.79 Å². The van der Waals surface area contributed by atoms with Crippen molar-refractivity contribution in [3.05, 3.63) is 23.8 Å². The lowest BCUT2D eigenvalue weighted by atomic mass is 10.1. The Morgan fingerprint density at radius 1 is 1.20 bits per heavy atom. The summed E-state index contributed by atoms with van der Waals surface area (Å²) in [5.74, 6) is 0.173. The molecule has 20 heavy (non-hydrogen) atoms. The minimum atomic E-state index is -0.279. The van der Waals surface area contributed by atoms with E-state index >= 15 is 0 Å². The first-order valence-corrected chi connectivity index (χ1v) is 6.56. The van der Waals surface area contributed by atoms with Gasteiger partial charge in [0.1, 0.15) is 5.75 Å². The number of carbonyl (C=O) groups excluding carboxylic acids is 2. The van der Waals surface area contributed by atoms with Crippen LogP contribution in [0, 0.1) is 0 Å². The number of anilines is 1. The number of amides is 2. The Balaban J connectivity index is 2.47. The van der Waals surface area contributed by atoms with E-state index in [-0.39, 0.29) is 24.8 Å². The minimum absolute atomic E-state index is 0.0719. The van der Waals surface area contributed by atoms with Gasteiger partial charge in [-0.3, -0.25) is 9.59 Å². The summed E-state index contributed by atoms with van der Waals surface area (Å²) in [7, 11) is 1.51. The van der Waals surface area contributed by atoms with Gasteiger partial charge in [0.25, 0.3) is 5.91 Å². The molecule has 4 N–H and O–H groups in total. The maximum absolute atomic E-state index is 11.9. The third kappa shape index (κ3) is 5.17. The maximum atomic E-state index is 11.9. The van der Waals surface area contributed by atoms with Gasteiger partial charge in [-0.25, -0.2) is 0 Å². The van der Waals surface area contributed by atoms with E-state index < -0.39 is 0 Å². The summed E-state index contributed by atoms with van der Waals surface area (Å²) in [6, 6.07) is 4.80. The summed E-state index contributed by atoms with van der Waals surface area (Å²) in [5.41, 5.74) is 6.55. The van der Waals surface area contributed by atoms with Crippen LogP contribution in [0.4, 0.5) is 5.69 Å². The fourth-order valence-corrected chi connectivity index (χ4v) is 1.62. The fourth-order valence-electron chi connectivity index (χ4n) is 1.62. The van der Waals surface area contributed by atoms with E-state index in [0.717, 1.165) is 6.42 Å². The predicted octanol–water partition coefficient (Wildman–Crippen LogP) is 0.924. The molecule has 0 aliphatic rings. The van der Waals surface area contributed by atoms with Gasteiger partial charge < -0.3 is 21.1 Å². The Morgan fingerprint density at radius 3 is 2.60 bits per heavy atom. The molecule has 0 spiro atoms. The molecular weight excluding hydrogens is 258 g/mol. The highest BCUT2D eigenvalue weighted by Gasteiger charge is 2.09. The summed E-state index contributed by atoms with van der Waals surface area (Å²) in [6.07, 6.45) is 1.15. The largest absolute Gasteiger partial charge is 0.497 e. The van der Waals surface area contributed by atoms with E-state index in [4.69, 9.17) is 10.5 Å². The first-order chi connectivity index (χ1) is 9.56. The SMILES string of the molecule is CCCNC(=O)CCNC(=O)c1cc(N)cc(OC)c1. The van der Waals surface area contributed by atoms with Gasteiger partial charge >= 0.3 is 0 Å². The second-order valence-electron chi connectivity index (χ2n) is 4.35. The minimum Gasteiger partial charge on any atom is -0.497 e. The monoisotopic (exact) mass is 279 g/mol. The Morgan fingerprint density at radius 2 is 1.95 bits per heavy atom. The van der Waals surface area contributed by atoms with Crippen LogP contribution in [-0.4, -0.2) is 32.0 Å². The van der Waals surface area contributed by atoms with E-state index in [2.05, 4.69) is 10.6 Å². The smallest absolute Gasteiger partial charge is 0.251 e. The van der Waals surface area contributed by atoms with Crippen molar-refractivity contribution in [3.8, 4) is 5.75 Å². The Labute approximate surface area is 118 Å². The number of hydrogen-bond donors (Lipinski definition) is 3. The van der Waals surface area contributed by atoms with Gasteiger partial charge in [0.15, 0.2) is 0 Å². The third-order valence-electron chi connectivity index (χ3n) is 2.64. The molecule has 0 atom stereocenters. The second-order valence-corrected chi connectivity index (χ2v) is 4.35. The topological polar surface area (TPSA) is 93.5 Å². The van der Waals surface area contributed by atoms with E-state index in [1.54, 1.807) is 18.2 Å². The van der Waals surface area contributed by atoms with Crippen LogP contribution >= 0.6 is 0 Å². The molecule has 0 aliphatic carbocycles. The first kappa shape index (κ1) is 15.8. The quantitative estimate of drug-likeness (QED) is 0.647. The van der Waals surface area contributed by atoms with E-state index in [0.29, 0.717) is 23.5 Å². The van der Waals surface area contributed by atoms with Gasteiger partial charge in [-0.2, -0.15) is 0 Å². The molecule has 0 aromatic heterocycles. The van der Waals surface area contributed by atoms with Crippen LogP contribution in [0.5, 0.6) is 5.75 Å². The highest BCUT2D eigenvalue weighted by atomic mass is 16.5. The fraction of sp³-hybridized carbons (Fsp3) is 0.429. The molecule has 1 aromatic rings. The lowest BCUT2D eigenvalue weighted by Gasteiger charge is -2.08. The van der Waals surface area contributed by atoms with Gasteiger partial charge in [-0.15, -0.1) is 0 Å². The molecule has 6 nitrogen and oxygen atoms in total. The van der Waals surface area contributed by atoms with Crippen molar-refractivity contribution in [2.45, 2.75) is 19.8 Å². The Hall–Kier alpha value is -2.24. The standard InChI is InChI=1S/C14H21N3O3/c1-3-5-16-13(18)4-6-17-14(19)10-7-11(15)9-12(8-10)20-2/h7-9H,3-6,15H2,1-2H3,(H,16,18)(H,17,19). The van der Waals surface area contributed by atoms with Gasteiger partial charge in [0, 0.05) is 36.8 Å². The Kier molecular flexibility index (Phi) is 6.36. The van der Waals surface area contributed by atoms with Crippen LogP contribution in [0.25, 0.3) is 0 Å². The number of nitrogens with two attached hydrogens (primary N) is 1. The number of hydrogen-bond acceptors (Lipinski definition) is 4. The zero-order valence-corrected chi connectivity index (χ0v) is 11.9. The molecule has 1 rings (SSSR count). The molecule has 6 heteroatoms. The normalized spacial score (nSPS) is 9.90. The number of nitrogen functional groups attached to an aromatic ring is 1. The maximum Gasteiger partial charge on any atom is 0.251 e. The first-order valence-electron chi connectivity index (χ1n) is 6.56. The molecule has 0 radical (unpaired) electrons. The second kappa shape index (κ2) is 8.04. The highest BCUT2D eigenvalue weighted by molar-refractivity contribution is 5.95. The average Bonchev–Trinajstić information content (AvgIpc) is 2.44. The zero-order chi connectivity index (χ0) is 15.0. The summed E-state index contributed by atoms with van der Waals surface area (Å²) < 4.78 is 5.05. The van der Waals surface area contributed by atoms with E-state index in [1.165, 1.54) is 7.11 Å². The lowest BCUT2D eigenvalue weighted by molar-refractivity contribution is -0.120. The number of ether oxygens (including phenoxy) is 1. The van der Waals surface area contributed by atoms with Crippen LogP contribution in [0.3, 0.4) is 0 Å². The summed E-state index contributed by atoms with van der Waals surface area (Å²) in [6.45, 7) is 2.92. The van der Waals surface area contributed by atoms with Crippen LogP contribution in [0.1, 0.15) is 30.1 Å². The van der Waals surface area contributed by atoms with Gasteiger partial charge in [0.05, 0.1) is 7.11 Å². The molecule has 0 saturated heterocycles. The van der Waals surface area contributed by atoms with Crippen molar-refractivity contribution in [1.82, 2.24) is 10.6 Å². The van der Waals surface area contributed by atoms with Crippen molar-refractivity contribution >= 4 is 17.5 Å². The van der Waals surface area contributed by atoms with Gasteiger partial charge in [-0.1, -0.05) is 6.92 Å². The van der Waals surface area contributed by atoms with Crippen molar-refractivity contribution < 1.29 is 14.3 Å². The summed E-state index contributed by atoms with van der Waals surface area (Å²) in [5, 5.41) is 5.42. The molecule has 0 fully saturated rings. The third-order valence-corrected chi connectivity index (χ3v) is 2.64. The highest BCUT2D eigenvalue weighted by Crippen LogP contribution is 2.18. The number of carbonyl (C=O) groups is 2. The summed E-state index contributed by atoms with van der Waals surface area (Å²) in [4.78, 5) is 23.3. The van der Waals surface area contributed by atoms with Gasteiger partial charge in [0.2, 0.25) is 5.91 Å².